The molecule has 2 N–H and O–H groups in total. The number of aliphatic carboxylic acids is 1. The van der Waals surface area contributed by atoms with Gasteiger partial charge in [-0.05, 0) is 36.6 Å². The summed E-state index contributed by atoms with van der Waals surface area (Å²) < 4.78 is 0. The number of carbonyl (C=O) groups excluding carboxylic acids is 1. The number of carboxylic acid groups (broad SMARTS) is 1. The topological polar surface area (TPSA) is 77.8 Å². The molecule has 2 rings (SSSR count). The predicted molar refractivity (Wildman–Crippen MR) is 78.9 cm³/mol. The number of hydrogen-bond donors (Lipinski definition) is 2. The summed E-state index contributed by atoms with van der Waals surface area (Å²) in [6.07, 6.45) is 3.38. The Morgan fingerprint density at radius 1 is 1.43 bits per heavy atom. The monoisotopic (exact) mass is 289 g/mol. The number of carbonyl (C=O) groups is 2. The SMILES string of the molecule is Cc1c(/C=C/C(=O)O)cccc1C(=O)N1CCC(CO)C1. The molecule has 1 heterocycles. The van der Waals surface area contributed by atoms with Crippen LogP contribution in [-0.2, 0) is 4.79 Å². The third kappa shape index (κ3) is 3.49. The Kier molecular flexibility index (Phi) is 4.75. The van der Waals surface area contributed by atoms with Crippen LogP contribution < -0.4 is 0 Å². The Hall–Kier alpha value is -2.14. The van der Waals surface area contributed by atoms with Gasteiger partial charge in [-0.3, -0.25) is 4.79 Å². The molecule has 1 aromatic carbocycles. The highest BCUT2D eigenvalue weighted by molar-refractivity contribution is 5.97. The maximum absolute atomic E-state index is 12.5. The van der Waals surface area contributed by atoms with E-state index in [1.54, 1.807) is 23.1 Å². The fourth-order valence-corrected chi connectivity index (χ4v) is 2.56. The first-order chi connectivity index (χ1) is 10.0. The summed E-state index contributed by atoms with van der Waals surface area (Å²) in [4.78, 5) is 24.9. The van der Waals surface area contributed by atoms with Crippen LogP contribution in [0.3, 0.4) is 0 Å². The zero-order valence-corrected chi connectivity index (χ0v) is 12.0. The molecule has 5 heteroatoms. The molecule has 1 unspecified atom stereocenters. The molecule has 1 aliphatic heterocycles. The van der Waals surface area contributed by atoms with Gasteiger partial charge in [-0.15, -0.1) is 0 Å². The van der Waals surface area contributed by atoms with Crippen LogP contribution in [0.5, 0.6) is 0 Å². The molecule has 1 amide bonds. The Morgan fingerprint density at radius 3 is 2.81 bits per heavy atom. The number of rotatable bonds is 4. The van der Waals surface area contributed by atoms with Gasteiger partial charge in [0.05, 0.1) is 0 Å². The van der Waals surface area contributed by atoms with E-state index in [0.29, 0.717) is 18.7 Å². The lowest BCUT2D eigenvalue weighted by Crippen LogP contribution is -2.29. The number of likely N-dealkylation sites (tertiary alicyclic amines) is 1. The maximum Gasteiger partial charge on any atom is 0.328 e. The highest BCUT2D eigenvalue weighted by Gasteiger charge is 2.27. The molecule has 1 atom stereocenters. The molecule has 1 saturated heterocycles. The highest BCUT2D eigenvalue weighted by Crippen LogP contribution is 2.22. The average Bonchev–Trinajstić information content (AvgIpc) is 2.94. The van der Waals surface area contributed by atoms with E-state index >= 15 is 0 Å². The maximum atomic E-state index is 12.5. The largest absolute Gasteiger partial charge is 0.478 e. The second kappa shape index (κ2) is 6.54. The third-order valence-corrected chi connectivity index (χ3v) is 3.84. The number of aliphatic hydroxyl groups excluding tert-OH is 1. The Balaban J connectivity index is 2.22. The van der Waals surface area contributed by atoms with E-state index in [1.165, 1.54) is 6.08 Å². The van der Waals surface area contributed by atoms with Crippen LogP contribution in [0.1, 0.15) is 27.9 Å². The van der Waals surface area contributed by atoms with Gasteiger partial charge in [0.1, 0.15) is 0 Å². The van der Waals surface area contributed by atoms with E-state index in [0.717, 1.165) is 23.6 Å². The van der Waals surface area contributed by atoms with E-state index < -0.39 is 5.97 Å². The first kappa shape index (κ1) is 15.3. The summed E-state index contributed by atoms with van der Waals surface area (Å²) in [5.41, 5.74) is 2.08. The van der Waals surface area contributed by atoms with Gasteiger partial charge in [-0.1, -0.05) is 12.1 Å². The van der Waals surface area contributed by atoms with Crippen LogP contribution >= 0.6 is 0 Å². The minimum Gasteiger partial charge on any atom is -0.478 e. The smallest absolute Gasteiger partial charge is 0.328 e. The third-order valence-electron chi connectivity index (χ3n) is 3.84. The molecular weight excluding hydrogens is 270 g/mol. The molecular formula is C16H19NO4. The van der Waals surface area contributed by atoms with Gasteiger partial charge < -0.3 is 15.1 Å². The Labute approximate surface area is 123 Å². The van der Waals surface area contributed by atoms with Crippen molar-refractivity contribution in [2.75, 3.05) is 19.7 Å². The van der Waals surface area contributed by atoms with Crippen molar-refractivity contribution in [1.82, 2.24) is 4.90 Å². The average molecular weight is 289 g/mol. The first-order valence-corrected chi connectivity index (χ1v) is 6.93. The van der Waals surface area contributed by atoms with Gasteiger partial charge in [0.15, 0.2) is 0 Å². The summed E-state index contributed by atoms with van der Waals surface area (Å²) in [6.45, 7) is 3.14. The number of nitrogens with zero attached hydrogens (tertiary/aromatic N) is 1. The number of hydrogen-bond acceptors (Lipinski definition) is 3. The van der Waals surface area contributed by atoms with Gasteiger partial charge in [-0.2, -0.15) is 0 Å². The molecule has 0 aromatic heterocycles. The predicted octanol–water partition coefficient (Wildman–Crippen LogP) is 1.55. The molecule has 0 radical (unpaired) electrons. The van der Waals surface area contributed by atoms with Gasteiger partial charge >= 0.3 is 5.97 Å². The van der Waals surface area contributed by atoms with Crippen LogP contribution in [0.4, 0.5) is 0 Å². The van der Waals surface area contributed by atoms with E-state index in [1.807, 2.05) is 6.92 Å². The second-order valence-electron chi connectivity index (χ2n) is 5.28. The molecule has 112 valence electrons. The van der Waals surface area contributed by atoms with Crippen LogP contribution in [0, 0.1) is 12.8 Å². The van der Waals surface area contributed by atoms with Crippen LogP contribution in [0.2, 0.25) is 0 Å². The van der Waals surface area contributed by atoms with Crippen molar-refractivity contribution in [2.24, 2.45) is 5.92 Å². The Morgan fingerprint density at radius 2 is 2.19 bits per heavy atom. The fraction of sp³-hybridized carbons (Fsp3) is 0.375. The van der Waals surface area contributed by atoms with Crippen molar-refractivity contribution in [2.45, 2.75) is 13.3 Å². The lowest BCUT2D eigenvalue weighted by molar-refractivity contribution is -0.131. The summed E-state index contributed by atoms with van der Waals surface area (Å²) >= 11 is 0. The molecule has 0 saturated carbocycles. The van der Waals surface area contributed by atoms with Gasteiger partial charge in [0.25, 0.3) is 5.91 Å². The normalized spacial score (nSPS) is 18.4. The van der Waals surface area contributed by atoms with Gasteiger partial charge in [-0.25, -0.2) is 4.79 Å². The standard InChI is InChI=1S/C16H19NO4/c1-11-13(5-6-15(19)20)3-2-4-14(11)16(21)17-8-7-12(9-17)10-18/h2-6,12,18H,7-10H2,1H3,(H,19,20)/b6-5+. The van der Waals surface area contributed by atoms with Crippen LogP contribution in [-0.4, -0.2) is 46.7 Å². The van der Waals surface area contributed by atoms with E-state index in [9.17, 15) is 9.59 Å². The zero-order chi connectivity index (χ0) is 15.4. The van der Waals surface area contributed by atoms with Crippen molar-refractivity contribution < 1.29 is 19.8 Å². The second-order valence-corrected chi connectivity index (χ2v) is 5.28. The number of benzene rings is 1. The fourth-order valence-electron chi connectivity index (χ4n) is 2.56. The summed E-state index contributed by atoms with van der Waals surface area (Å²) in [7, 11) is 0. The summed E-state index contributed by atoms with van der Waals surface area (Å²) in [5.74, 6) is -0.921. The quantitative estimate of drug-likeness (QED) is 0.824. The van der Waals surface area contributed by atoms with Crippen molar-refractivity contribution in [3.05, 3.63) is 41.0 Å². The van der Waals surface area contributed by atoms with Gasteiger partial charge in [0, 0.05) is 37.3 Å². The molecule has 0 aliphatic carbocycles. The number of carboxylic acids is 1. The summed E-state index contributed by atoms with van der Waals surface area (Å²) in [5, 5.41) is 17.8. The summed E-state index contributed by atoms with van der Waals surface area (Å²) in [6, 6.07) is 5.29. The van der Waals surface area contributed by atoms with E-state index in [2.05, 4.69) is 0 Å². The van der Waals surface area contributed by atoms with Gasteiger partial charge in [0.2, 0.25) is 0 Å². The van der Waals surface area contributed by atoms with E-state index in [-0.39, 0.29) is 18.4 Å². The van der Waals surface area contributed by atoms with Crippen molar-refractivity contribution in [3.63, 3.8) is 0 Å². The molecule has 0 bridgehead atoms. The first-order valence-electron chi connectivity index (χ1n) is 6.93. The molecule has 1 aliphatic rings. The Bertz CT molecular complexity index is 580. The van der Waals surface area contributed by atoms with Crippen LogP contribution in [0.15, 0.2) is 24.3 Å². The molecule has 1 fully saturated rings. The molecule has 0 spiro atoms. The minimum absolute atomic E-state index is 0.0611. The molecule has 21 heavy (non-hydrogen) atoms. The molecule has 1 aromatic rings. The molecule has 5 nitrogen and oxygen atoms in total. The lowest BCUT2D eigenvalue weighted by atomic mass is 10.0. The van der Waals surface area contributed by atoms with Crippen molar-refractivity contribution in [1.29, 1.82) is 0 Å². The zero-order valence-electron chi connectivity index (χ0n) is 12.0. The van der Waals surface area contributed by atoms with Crippen molar-refractivity contribution in [3.8, 4) is 0 Å². The van der Waals surface area contributed by atoms with E-state index in [4.69, 9.17) is 10.2 Å². The van der Waals surface area contributed by atoms with Crippen LogP contribution in [0.25, 0.3) is 6.08 Å². The number of aliphatic hydroxyl groups is 1. The lowest BCUT2D eigenvalue weighted by Gasteiger charge is -2.18. The minimum atomic E-state index is -1.02. The number of amides is 1. The highest BCUT2D eigenvalue weighted by atomic mass is 16.4. The van der Waals surface area contributed by atoms with Crippen molar-refractivity contribution >= 4 is 18.0 Å².